The van der Waals surface area contributed by atoms with E-state index in [1.165, 1.54) is 34.2 Å². The predicted molar refractivity (Wildman–Crippen MR) is 139 cm³/mol. The molecule has 0 bridgehead atoms. The highest BCUT2D eigenvalue weighted by molar-refractivity contribution is 7.93. The van der Waals surface area contributed by atoms with E-state index in [0.29, 0.717) is 25.0 Å². The van der Waals surface area contributed by atoms with Crippen LogP contribution in [0.1, 0.15) is 16.8 Å². The predicted octanol–water partition coefficient (Wildman–Crippen LogP) is 3.78. The summed E-state index contributed by atoms with van der Waals surface area (Å²) in [6.45, 7) is 0.864. The van der Waals surface area contributed by atoms with E-state index in [9.17, 15) is 36.3 Å². The number of rotatable bonds is 6. The Hall–Kier alpha value is -4.11. The van der Waals surface area contributed by atoms with Gasteiger partial charge in [0.15, 0.2) is 5.75 Å². The minimum absolute atomic E-state index is 0.0189. The third-order valence-corrected chi connectivity index (χ3v) is 8.44. The molecule has 15 heteroatoms. The molecule has 2 N–H and O–H groups in total. The Morgan fingerprint density at radius 3 is 2.61 bits per heavy atom. The van der Waals surface area contributed by atoms with Crippen molar-refractivity contribution in [2.75, 3.05) is 37.6 Å². The van der Waals surface area contributed by atoms with Crippen molar-refractivity contribution < 1.29 is 45.8 Å². The van der Waals surface area contributed by atoms with Crippen molar-refractivity contribution in [1.82, 2.24) is 14.8 Å². The lowest BCUT2D eigenvalue weighted by Crippen LogP contribution is -2.58. The van der Waals surface area contributed by atoms with Crippen molar-refractivity contribution in [3.05, 3.63) is 60.3 Å². The SMILES string of the molecule is O=C(c1ccc(NS(=O)(=O)c2cccc3cccnc23)c(OC(F)(F)F)c1)N1CCN(C(=O)O)[C@@H](C2CCOC2)C1. The van der Waals surface area contributed by atoms with Gasteiger partial charge in [0.25, 0.3) is 15.9 Å². The Morgan fingerprint density at radius 2 is 1.90 bits per heavy atom. The largest absolute Gasteiger partial charge is 0.573 e. The Kier molecular flexibility index (Phi) is 7.66. The van der Waals surface area contributed by atoms with Crippen LogP contribution in [0.2, 0.25) is 0 Å². The zero-order valence-electron chi connectivity index (χ0n) is 21.4. The maximum absolute atomic E-state index is 13.4. The van der Waals surface area contributed by atoms with Crippen molar-refractivity contribution >= 4 is 38.6 Å². The number of hydrogen-bond acceptors (Lipinski definition) is 7. The number of nitrogens with zero attached hydrogens (tertiary/aromatic N) is 3. The summed E-state index contributed by atoms with van der Waals surface area (Å²) >= 11 is 0. The first kappa shape index (κ1) is 28.4. The molecule has 2 fully saturated rings. The molecule has 3 heterocycles. The standard InChI is InChI=1S/C26H25F3N4O7S/c27-26(28,29)40-21-13-17(24(34)32-10-11-33(25(35)36)20(14-32)18-8-12-39-15-18)6-7-19(21)31-41(37,38)22-5-1-3-16-4-2-9-30-23(16)22/h1-7,9,13,18,20,31H,8,10-12,14-15H2,(H,35,36)/t18?,20-/m1/s1. The minimum Gasteiger partial charge on any atom is -0.465 e. The zero-order valence-corrected chi connectivity index (χ0v) is 22.2. The van der Waals surface area contributed by atoms with E-state index in [1.54, 1.807) is 18.2 Å². The summed E-state index contributed by atoms with van der Waals surface area (Å²) in [7, 11) is -4.43. The van der Waals surface area contributed by atoms with Gasteiger partial charge < -0.3 is 24.4 Å². The number of fused-ring (bicyclic) bond motifs is 1. The number of ether oxygens (including phenoxy) is 2. The smallest absolute Gasteiger partial charge is 0.465 e. The van der Waals surface area contributed by atoms with E-state index < -0.39 is 45.9 Å². The van der Waals surface area contributed by atoms with Gasteiger partial charge in [0.2, 0.25) is 0 Å². The second-order valence-corrected chi connectivity index (χ2v) is 11.3. The number of hydrogen-bond donors (Lipinski definition) is 2. The monoisotopic (exact) mass is 594 g/mol. The summed E-state index contributed by atoms with van der Waals surface area (Å²) in [5.74, 6) is -1.71. The number of nitrogens with one attached hydrogen (secondary N) is 1. The first-order chi connectivity index (χ1) is 19.4. The van der Waals surface area contributed by atoms with Crippen LogP contribution in [0.4, 0.5) is 23.7 Å². The fraction of sp³-hybridized carbons (Fsp3) is 0.346. The number of aromatic nitrogens is 1. The van der Waals surface area contributed by atoms with Crippen molar-refractivity contribution in [3.8, 4) is 5.75 Å². The number of halogens is 3. The average molecular weight is 595 g/mol. The van der Waals surface area contributed by atoms with Gasteiger partial charge in [0.05, 0.1) is 23.9 Å². The highest BCUT2D eigenvalue weighted by atomic mass is 32.2. The molecule has 0 radical (unpaired) electrons. The number of pyridine rings is 1. The summed E-state index contributed by atoms with van der Waals surface area (Å²) in [4.78, 5) is 31.6. The van der Waals surface area contributed by atoms with Gasteiger partial charge in [-0.3, -0.25) is 14.5 Å². The van der Waals surface area contributed by atoms with Crippen molar-refractivity contribution in [2.24, 2.45) is 5.92 Å². The highest BCUT2D eigenvalue weighted by Crippen LogP contribution is 2.34. The van der Waals surface area contributed by atoms with Crippen LogP contribution in [0, 0.1) is 5.92 Å². The number of anilines is 1. The number of alkyl halides is 3. The summed E-state index contributed by atoms with van der Waals surface area (Å²) < 4.78 is 78.1. The van der Waals surface area contributed by atoms with Gasteiger partial charge in [-0.2, -0.15) is 0 Å². The fourth-order valence-electron chi connectivity index (χ4n) is 5.12. The second kappa shape index (κ2) is 11.0. The Labute approximate surface area is 232 Å². The van der Waals surface area contributed by atoms with Crippen LogP contribution in [-0.4, -0.2) is 85.6 Å². The van der Waals surface area contributed by atoms with E-state index >= 15 is 0 Å². The lowest BCUT2D eigenvalue weighted by atomic mass is 9.95. The summed E-state index contributed by atoms with van der Waals surface area (Å²) in [5.41, 5.74) is -0.608. The summed E-state index contributed by atoms with van der Waals surface area (Å²) in [6.07, 6.45) is -4.32. The number of para-hydroxylation sites is 1. The van der Waals surface area contributed by atoms with Crippen molar-refractivity contribution in [2.45, 2.75) is 23.7 Å². The Balaban J connectivity index is 1.44. The van der Waals surface area contributed by atoms with Crippen molar-refractivity contribution in [3.63, 3.8) is 0 Å². The normalized spacial score (nSPS) is 19.8. The molecule has 1 unspecified atom stereocenters. The van der Waals surface area contributed by atoms with E-state index in [1.807, 2.05) is 0 Å². The molecule has 2 atom stereocenters. The second-order valence-electron chi connectivity index (χ2n) is 9.61. The third-order valence-electron chi connectivity index (χ3n) is 7.04. The molecule has 2 aliphatic rings. The molecular weight excluding hydrogens is 569 g/mol. The lowest BCUT2D eigenvalue weighted by Gasteiger charge is -2.42. The minimum atomic E-state index is -5.19. The van der Waals surface area contributed by atoms with Gasteiger partial charge in [-0.05, 0) is 36.8 Å². The maximum atomic E-state index is 13.4. The van der Waals surface area contributed by atoms with Crippen LogP contribution in [0.15, 0.2) is 59.6 Å². The van der Waals surface area contributed by atoms with E-state index in [2.05, 4.69) is 14.4 Å². The molecule has 41 heavy (non-hydrogen) atoms. The number of benzene rings is 2. The fourth-order valence-corrected chi connectivity index (χ4v) is 6.37. The molecule has 2 aromatic carbocycles. The van der Waals surface area contributed by atoms with Crippen LogP contribution >= 0.6 is 0 Å². The van der Waals surface area contributed by atoms with Crippen LogP contribution in [0.5, 0.6) is 5.75 Å². The van der Waals surface area contributed by atoms with Gasteiger partial charge in [0.1, 0.15) is 4.90 Å². The number of carboxylic acid groups (broad SMARTS) is 1. The van der Waals surface area contributed by atoms with Gasteiger partial charge in [-0.1, -0.05) is 18.2 Å². The van der Waals surface area contributed by atoms with Crippen LogP contribution in [0.25, 0.3) is 10.9 Å². The molecule has 3 aromatic rings. The van der Waals surface area contributed by atoms with E-state index in [-0.39, 0.29) is 41.5 Å². The Morgan fingerprint density at radius 1 is 1.12 bits per heavy atom. The molecule has 0 spiro atoms. The first-order valence-corrected chi connectivity index (χ1v) is 14.0. The van der Waals surface area contributed by atoms with Gasteiger partial charge in [-0.25, -0.2) is 13.2 Å². The number of carbonyl (C=O) groups excluding carboxylic acids is 1. The van der Waals surface area contributed by atoms with Crippen LogP contribution in [0.3, 0.4) is 0 Å². The molecule has 1 aromatic heterocycles. The molecule has 5 rings (SSSR count). The van der Waals surface area contributed by atoms with Crippen LogP contribution in [-0.2, 0) is 14.8 Å². The summed E-state index contributed by atoms with van der Waals surface area (Å²) in [6, 6.07) is 10.1. The number of sulfonamides is 1. The third kappa shape index (κ3) is 6.15. The first-order valence-electron chi connectivity index (χ1n) is 12.6. The van der Waals surface area contributed by atoms with Crippen LogP contribution < -0.4 is 9.46 Å². The highest BCUT2D eigenvalue weighted by Gasteiger charge is 2.39. The molecule has 2 saturated heterocycles. The number of amides is 2. The maximum Gasteiger partial charge on any atom is 0.573 e. The molecule has 11 nitrogen and oxygen atoms in total. The van der Waals surface area contributed by atoms with Gasteiger partial charge >= 0.3 is 12.5 Å². The molecule has 0 saturated carbocycles. The molecule has 0 aliphatic carbocycles. The molecule has 218 valence electrons. The van der Waals surface area contributed by atoms with E-state index in [0.717, 1.165) is 12.1 Å². The lowest BCUT2D eigenvalue weighted by molar-refractivity contribution is -0.274. The summed E-state index contributed by atoms with van der Waals surface area (Å²) in [5, 5.41) is 10.1. The quantitative estimate of drug-likeness (QED) is 0.440. The van der Waals surface area contributed by atoms with Gasteiger partial charge in [0, 0.05) is 49.3 Å². The topological polar surface area (TPSA) is 138 Å². The average Bonchev–Trinajstić information content (AvgIpc) is 3.47. The molecular formula is C26H25F3N4O7S. The zero-order chi connectivity index (χ0) is 29.4. The number of piperazine rings is 1. The molecule has 2 aliphatic heterocycles. The molecule has 2 amide bonds. The van der Waals surface area contributed by atoms with E-state index in [4.69, 9.17) is 4.74 Å². The van der Waals surface area contributed by atoms with Gasteiger partial charge in [-0.15, -0.1) is 13.2 Å². The van der Waals surface area contributed by atoms with Crippen molar-refractivity contribution in [1.29, 1.82) is 0 Å². The number of carbonyl (C=O) groups is 2. The Bertz CT molecular complexity index is 1570.